The maximum absolute atomic E-state index is 9.50. The third-order valence-corrected chi connectivity index (χ3v) is 0.441. The fraction of sp³-hybridized carbons (Fsp3) is 0.500. The summed E-state index contributed by atoms with van der Waals surface area (Å²) in [5.41, 5.74) is 0. The van der Waals surface area contributed by atoms with Gasteiger partial charge in [0.05, 0.1) is 6.07 Å². The Kier molecular flexibility index (Phi) is 19.2. The van der Waals surface area contributed by atoms with Crippen LogP contribution in [0.1, 0.15) is 12.8 Å². The molecular weight excluding hydrogens is 133 g/mol. The first-order valence-corrected chi connectivity index (χ1v) is 1.84. The third-order valence-electron chi connectivity index (χ3n) is 0.441. The second-order valence-electron chi connectivity index (χ2n) is 1.03. The number of hydrogen-bond acceptors (Lipinski definition) is 3. The van der Waals surface area contributed by atoms with E-state index in [1.807, 2.05) is 0 Å². The average molecular weight is 139 g/mol. The molecule has 0 aromatic carbocycles. The van der Waals surface area contributed by atoms with Crippen LogP contribution < -0.4 is 34.7 Å². The van der Waals surface area contributed by atoms with Crippen LogP contribution in [0.25, 0.3) is 0 Å². The van der Waals surface area contributed by atoms with Crippen LogP contribution in [0, 0.1) is 11.3 Å². The minimum absolute atomic E-state index is 0. The van der Waals surface area contributed by atoms with Crippen LogP contribution in [0.4, 0.5) is 0 Å². The topological polar surface area (TPSA) is 95.4 Å². The van der Waals surface area contributed by atoms with Gasteiger partial charge in [0, 0.05) is 12.4 Å². The summed E-state index contributed by atoms with van der Waals surface area (Å²) < 4.78 is 0. The van der Waals surface area contributed by atoms with E-state index >= 15 is 0 Å². The van der Waals surface area contributed by atoms with Crippen molar-refractivity contribution in [1.29, 1.82) is 5.26 Å². The molecule has 0 bridgehead atoms. The van der Waals surface area contributed by atoms with Gasteiger partial charge in [0.25, 0.3) is 0 Å². The number of nitriles is 1. The Morgan fingerprint density at radius 1 is 1.67 bits per heavy atom. The fourth-order valence-corrected chi connectivity index (χ4v) is 0.158. The van der Waals surface area contributed by atoms with Crippen LogP contribution in [0.15, 0.2) is 0 Å². The van der Waals surface area contributed by atoms with Crippen molar-refractivity contribution in [2.45, 2.75) is 12.8 Å². The number of carbonyl (C=O) groups excluding carboxylic acids is 1. The van der Waals surface area contributed by atoms with Crippen molar-refractivity contribution < 1.29 is 44.9 Å². The van der Waals surface area contributed by atoms with Crippen molar-refractivity contribution in [2.75, 3.05) is 0 Å². The van der Waals surface area contributed by atoms with Gasteiger partial charge in [-0.05, 0) is 6.42 Å². The second-order valence-corrected chi connectivity index (χ2v) is 1.03. The van der Waals surface area contributed by atoms with Gasteiger partial charge >= 0.3 is 29.6 Å². The van der Waals surface area contributed by atoms with Crippen molar-refractivity contribution in [2.24, 2.45) is 0 Å². The van der Waals surface area contributed by atoms with Gasteiger partial charge in [0.2, 0.25) is 0 Å². The molecule has 0 aromatic rings. The van der Waals surface area contributed by atoms with E-state index in [4.69, 9.17) is 5.26 Å². The Bertz CT molecular complexity index is 109. The van der Waals surface area contributed by atoms with Crippen molar-refractivity contribution in [3.8, 4) is 6.07 Å². The second kappa shape index (κ2) is 10.8. The van der Waals surface area contributed by atoms with E-state index in [2.05, 4.69) is 0 Å². The molecule has 5 heteroatoms. The average Bonchev–Trinajstić information content (AvgIpc) is 1.61. The normalized spacial score (nSPS) is 5.67. The first kappa shape index (κ1) is 16.0. The molecule has 2 N–H and O–H groups in total. The van der Waals surface area contributed by atoms with Crippen LogP contribution in [-0.4, -0.2) is 11.4 Å². The van der Waals surface area contributed by atoms with Crippen molar-refractivity contribution in [3.05, 3.63) is 0 Å². The zero-order valence-electron chi connectivity index (χ0n) is 5.18. The molecule has 0 heterocycles. The summed E-state index contributed by atoms with van der Waals surface area (Å²) in [5.74, 6) is -1.17. The molecule has 0 radical (unpaired) electrons. The Hall–Kier alpha value is -0.0800. The zero-order valence-corrected chi connectivity index (χ0v) is 7.18. The van der Waals surface area contributed by atoms with Crippen LogP contribution in [0.2, 0.25) is 0 Å². The van der Waals surface area contributed by atoms with E-state index in [9.17, 15) is 9.90 Å². The predicted molar refractivity (Wildman–Crippen MR) is 23.5 cm³/mol. The maximum Gasteiger partial charge on any atom is 1.00 e. The summed E-state index contributed by atoms with van der Waals surface area (Å²) in [7, 11) is 0. The molecular formula is C4H6NNaO3. The number of rotatable bonds is 2. The largest absolute Gasteiger partial charge is 1.00 e. The van der Waals surface area contributed by atoms with Gasteiger partial charge in [0.1, 0.15) is 0 Å². The maximum atomic E-state index is 9.50. The van der Waals surface area contributed by atoms with Gasteiger partial charge in [-0.25, -0.2) is 0 Å². The van der Waals surface area contributed by atoms with Crippen molar-refractivity contribution in [3.63, 3.8) is 0 Å². The van der Waals surface area contributed by atoms with Crippen LogP contribution in [0.3, 0.4) is 0 Å². The summed E-state index contributed by atoms with van der Waals surface area (Å²) in [5, 5.41) is 17.3. The molecule has 4 nitrogen and oxygen atoms in total. The fourth-order valence-electron chi connectivity index (χ4n) is 0.158. The van der Waals surface area contributed by atoms with Gasteiger partial charge in [0.15, 0.2) is 0 Å². The van der Waals surface area contributed by atoms with Gasteiger partial charge < -0.3 is 15.4 Å². The number of nitrogens with zero attached hydrogens (tertiary/aromatic N) is 1. The first-order chi connectivity index (χ1) is 3.27. The summed E-state index contributed by atoms with van der Waals surface area (Å²) in [4.78, 5) is 9.50. The molecule has 0 aliphatic heterocycles. The van der Waals surface area contributed by atoms with Crippen molar-refractivity contribution >= 4 is 5.97 Å². The summed E-state index contributed by atoms with van der Waals surface area (Å²) in [6.45, 7) is 0. The monoisotopic (exact) mass is 139 g/mol. The molecule has 0 saturated heterocycles. The summed E-state index contributed by atoms with van der Waals surface area (Å²) in [6.07, 6.45) is -0.112. The third kappa shape index (κ3) is 18.1. The smallest absolute Gasteiger partial charge is 0.550 e. The molecule has 0 aliphatic rings. The van der Waals surface area contributed by atoms with Crippen LogP contribution >= 0.6 is 0 Å². The van der Waals surface area contributed by atoms with Crippen molar-refractivity contribution in [1.82, 2.24) is 0 Å². The zero-order chi connectivity index (χ0) is 5.70. The Balaban J connectivity index is -0.000000180. The molecule has 0 unspecified atom stereocenters. The molecule has 0 atom stereocenters. The molecule has 0 rings (SSSR count). The molecule has 46 valence electrons. The Labute approximate surface area is 75.1 Å². The number of carboxylic acids is 1. The van der Waals surface area contributed by atoms with E-state index < -0.39 is 5.97 Å². The SMILES string of the molecule is N#CCCC(=O)[O-].O.[Na+]. The van der Waals surface area contributed by atoms with E-state index in [-0.39, 0.29) is 47.9 Å². The predicted octanol–water partition coefficient (Wildman–Crippen LogP) is -4.78. The number of carboxylic acid groups (broad SMARTS) is 1. The van der Waals surface area contributed by atoms with Gasteiger partial charge in [-0.1, -0.05) is 0 Å². The standard InChI is InChI=1S/C4H5NO2.Na.H2O/c5-3-1-2-4(6)7;;/h1-2H2,(H,6,7);;1H2/q;+1;/p-1. The number of aliphatic carboxylic acids is 1. The molecule has 0 aliphatic carbocycles. The molecule has 9 heavy (non-hydrogen) atoms. The Morgan fingerprint density at radius 3 is 2.22 bits per heavy atom. The van der Waals surface area contributed by atoms with Crippen LogP contribution in [-0.2, 0) is 4.79 Å². The molecule has 0 aromatic heterocycles. The van der Waals surface area contributed by atoms with E-state index in [1.165, 1.54) is 0 Å². The Morgan fingerprint density at radius 2 is 2.11 bits per heavy atom. The molecule has 0 saturated carbocycles. The minimum Gasteiger partial charge on any atom is -0.550 e. The van der Waals surface area contributed by atoms with E-state index in [0.29, 0.717) is 0 Å². The van der Waals surface area contributed by atoms with Crippen LogP contribution in [0.5, 0.6) is 0 Å². The van der Waals surface area contributed by atoms with Gasteiger partial charge in [-0.2, -0.15) is 5.26 Å². The number of hydrogen-bond donors (Lipinski definition) is 0. The molecule has 0 spiro atoms. The van der Waals surface area contributed by atoms with Gasteiger partial charge in [-0.3, -0.25) is 0 Å². The summed E-state index contributed by atoms with van der Waals surface area (Å²) >= 11 is 0. The van der Waals surface area contributed by atoms with Gasteiger partial charge in [-0.15, -0.1) is 0 Å². The first-order valence-electron chi connectivity index (χ1n) is 1.84. The molecule has 0 fully saturated rings. The van der Waals surface area contributed by atoms with E-state index in [0.717, 1.165) is 0 Å². The minimum atomic E-state index is -1.17. The summed E-state index contributed by atoms with van der Waals surface area (Å²) in [6, 6.07) is 1.68. The van der Waals surface area contributed by atoms with E-state index in [1.54, 1.807) is 6.07 Å². The number of carbonyl (C=O) groups is 1. The quantitative estimate of drug-likeness (QED) is 0.359. The molecule has 0 amide bonds.